The Hall–Kier alpha value is -3.42. The minimum Gasteiger partial charge on any atom is -0.493 e. The Bertz CT molecular complexity index is 896. The second-order valence-corrected chi connectivity index (χ2v) is 5.56. The molecule has 3 N–H and O–H groups in total. The van der Waals surface area contributed by atoms with Gasteiger partial charge in [0.25, 0.3) is 0 Å². The van der Waals surface area contributed by atoms with Crippen molar-refractivity contribution in [1.82, 2.24) is 19.9 Å². The fraction of sp³-hybridized carbons (Fsp3) is 0.222. The number of carboxylic acid groups (broad SMARTS) is 1. The van der Waals surface area contributed by atoms with E-state index in [0.29, 0.717) is 29.6 Å². The molecule has 0 aliphatic rings. The summed E-state index contributed by atoms with van der Waals surface area (Å²) in [6.07, 6.45) is 5.05. The molecule has 0 bridgehead atoms. The fourth-order valence-electron chi connectivity index (χ4n) is 2.50. The Balaban J connectivity index is 1.88. The van der Waals surface area contributed by atoms with Crippen LogP contribution in [0.3, 0.4) is 0 Å². The van der Waals surface area contributed by atoms with Gasteiger partial charge < -0.3 is 20.1 Å². The molecule has 0 saturated heterocycles. The van der Waals surface area contributed by atoms with Gasteiger partial charge in [0.2, 0.25) is 5.95 Å². The van der Waals surface area contributed by atoms with Crippen molar-refractivity contribution in [3.05, 3.63) is 54.2 Å². The van der Waals surface area contributed by atoms with Crippen molar-refractivity contribution in [3.8, 4) is 17.0 Å². The number of rotatable bonds is 7. The van der Waals surface area contributed by atoms with Gasteiger partial charge in [0.05, 0.1) is 18.3 Å². The van der Waals surface area contributed by atoms with E-state index >= 15 is 0 Å². The number of nitrogens with one attached hydrogen (secondary N) is 2. The number of carboxylic acids is 1. The average Bonchev–Trinajstić information content (AvgIpc) is 3.17. The molecule has 8 heteroatoms. The third-order valence-corrected chi connectivity index (χ3v) is 3.74. The van der Waals surface area contributed by atoms with Gasteiger partial charge >= 0.3 is 5.97 Å². The van der Waals surface area contributed by atoms with E-state index in [1.165, 1.54) is 0 Å². The molecule has 8 nitrogen and oxygen atoms in total. The highest BCUT2D eigenvalue weighted by molar-refractivity contribution is 5.92. The van der Waals surface area contributed by atoms with Crippen LogP contribution in [0.1, 0.15) is 36.1 Å². The third-order valence-electron chi connectivity index (χ3n) is 3.74. The molecule has 0 fully saturated rings. The molecule has 1 atom stereocenters. The lowest BCUT2D eigenvalue weighted by atomic mass is 10.1. The van der Waals surface area contributed by atoms with Gasteiger partial charge in [-0.05, 0) is 38.1 Å². The van der Waals surface area contributed by atoms with E-state index in [9.17, 15) is 9.90 Å². The lowest BCUT2D eigenvalue weighted by Gasteiger charge is -2.13. The Morgan fingerprint density at radius 2 is 2.15 bits per heavy atom. The van der Waals surface area contributed by atoms with E-state index in [2.05, 4.69) is 25.3 Å². The standard InChI is InChI=1S/C18H19N5O3/c1-3-26-15-5-4-12(10-13(15)17(24)25)14-6-7-21-18(23-14)22-11(2)16-19-8-9-20-16/h4-11H,3H2,1-2H3,(H,19,20)(H,24,25)(H,21,22,23)/t11-/m1/s1. The summed E-state index contributed by atoms with van der Waals surface area (Å²) in [6.45, 7) is 4.14. The Labute approximate surface area is 150 Å². The number of imidazole rings is 1. The normalized spacial score (nSPS) is 11.8. The van der Waals surface area contributed by atoms with Gasteiger partial charge in [0.15, 0.2) is 0 Å². The van der Waals surface area contributed by atoms with Crippen LogP contribution in [0.15, 0.2) is 42.9 Å². The SMILES string of the molecule is CCOc1ccc(-c2ccnc(N[C@H](C)c3ncc[nH]3)n2)cc1C(=O)O. The van der Waals surface area contributed by atoms with Crippen LogP contribution < -0.4 is 10.1 Å². The number of hydrogen-bond acceptors (Lipinski definition) is 6. The first-order valence-electron chi connectivity index (χ1n) is 8.18. The minimum atomic E-state index is -1.05. The Morgan fingerprint density at radius 1 is 1.31 bits per heavy atom. The van der Waals surface area contributed by atoms with E-state index in [0.717, 1.165) is 5.82 Å². The van der Waals surface area contributed by atoms with Crippen LogP contribution in [-0.4, -0.2) is 37.6 Å². The van der Waals surface area contributed by atoms with E-state index in [1.54, 1.807) is 42.9 Å². The summed E-state index contributed by atoms with van der Waals surface area (Å²) >= 11 is 0. The second-order valence-electron chi connectivity index (χ2n) is 5.56. The van der Waals surface area contributed by atoms with Crippen LogP contribution in [0.4, 0.5) is 5.95 Å². The number of ether oxygens (including phenoxy) is 1. The minimum absolute atomic E-state index is 0.0985. The highest BCUT2D eigenvalue weighted by atomic mass is 16.5. The highest BCUT2D eigenvalue weighted by Crippen LogP contribution is 2.26. The van der Waals surface area contributed by atoms with Gasteiger partial charge in [-0.1, -0.05) is 0 Å². The van der Waals surface area contributed by atoms with Crippen LogP contribution in [0.25, 0.3) is 11.3 Å². The van der Waals surface area contributed by atoms with Gasteiger partial charge in [-0.15, -0.1) is 0 Å². The topological polar surface area (TPSA) is 113 Å². The van der Waals surface area contributed by atoms with E-state index in [1.807, 2.05) is 13.8 Å². The van der Waals surface area contributed by atoms with Crippen molar-refractivity contribution in [2.45, 2.75) is 19.9 Å². The van der Waals surface area contributed by atoms with Crippen LogP contribution in [0, 0.1) is 0 Å². The maximum atomic E-state index is 11.5. The zero-order valence-electron chi connectivity index (χ0n) is 14.4. The molecule has 1 aromatic carbocycles. The van der Waals surface area contributed by atoms with Crippen LogP contribution >= 0.6 is 0 Å². The summed E-state index contributed by atoms with van der Waals surface area (Å²) in [4.78, 5) is 27.4. The van der Waals surface area contributed by atoms with Crippen molar-refractivity contribution in [2.24, 2.45) is 0 Å². The number of nitrogens with zero attached hydrogens (tertiary/aromatic N) is 3. The van der Waals surface area contributed by atoms with Crippen molar-refractivity contribution in [1.29, 1.82) is 0 Å². The highest BCUT2D eigenvalue weighted by Gasteiger charge is 2.14. The van der Waals surface area contributed by atoms with Gasteiger partial charge in [-0.3, -0.25) is 0 Å². The Kier molecular flexibility index (Phi) is 5.12. The molecule has 2 heterocycles. The van der Waals surface area contributed by atoms with Gasteiger partial charge in [-0.2, -0.15) is 0 Å². The van der Waals surface area contributed by atoms with Gasteiger partial charge in [0, 0.05) is 24.2 Å². The maximum absolute atomic E-state index is 11.5. The lowest BCUT2D eigenvalue weighted by molar-refractivity contribution is 0.0692. The molecule has 26 heavy (non-hydrogen) atoms. The molecular formula is C18H19N5O3. The van der Waals surface area contributed by atoms with E-state index in [4.69, 9.17) is 4.74 Å². The van der Waals surface area contributed by atoms with Crippen molar-refractivity contribution < 1.29 is 14.6 Å². The predicted molar refractivity (Wildman–Crippen MR) is 96.2 cm³/mol. The summed E-state index contributed by atoms with van der Waals surface area (Å²) in [5.41, 5.74) is 1.38. The van der Waals surface area contributed by atoms with Crippen LogP contribution in [-0.2, 0) is 0 Å². The van der Waals surface area contributed by atoms with E-state index < -0.39 is 5.97 Å². The molecule has 0 aliphatic heterocycles. The molecule has 0 saturated carbocycles. The second kappa shape index (κ2) is 7.64. The molecule has 0 unspecified atom stereocenters. The lowest BCUT2D eigenvalue weighted by Crippen LogP contribution is -2.11. The van der Waals surface area contributed by atoms with Crippen LogP contribution in [0.5, 0.6) is 5.75 Å². The molecule has 0 aliphatic carbocycles. The molecule has 0 amide bonds. The summed E-state index contributed by atoms with van der Waals surface area (Å²) < 4.78 is 5.37. The van der Waals surface area contributed by atoms with Crippen molar-refractivity contribution in [2.75, 3.05) is 11.9 Å². The average molecular weight is 353 g/mol. The fourth-order valence-corrected chi connectivity index (χ4v) is 2.50. The summed E-state index contributed by atoms with van der Waals surface area (Å²) in [6, 6.07) is 6.59. The Morgan fingerprint density at radius 3 is 2.85 bits per heavy atom. The van der Waals surface area contributed by atoms with E-state index in [-0.39, 0.29) is 11.6 Å². The molecule has 3 aromatic rings. The number of hydrogen-bond donors (Lipinski definition) is 3. The molecule has 134 valence electrons. The smallest absolute Gasteiger partial charge is 0.339 e. The largest absolute Gasteiger partial charge is 0.493 e. The first kappa shape index (κ1) is 17.4. The van der Waals surface area contributed by atoms with Gasteiger partial charge in [0.1, 0.15) is 17.1 Å². The summed E-state index contributed by atoms with van der Waals surface area (Å²) in [7, 11) is 0. The number of aromatic amines is 1. The maximum Gasteiger partial charge on any atom is 0.339 e. The molecule has 2 aromatic heterocycles. The third kappa shape index (κ3) is 3.80. The zero-order valence-corrected chi connectivity index (χ0v) is 14.4. The summed E-state index contributed by atoms with van der Waals surface area (Å²) in [5, 5.41) is 12.6. The number of aromatic carboxylic acids is 1. The monoisotopic (exact) mass is 353 g/mol. The molecular weight excluding hydrogens is 334 g/mol. The molecule has 3 rings (SSSR count). The first-order valence-corrected chi connectivity index (χ1v) is 8.18. The number of H-pyrrole nitrogens is 1. The summed E-state index contributed by atoms with van der Waals surface area (Å²) in [5.74, 6) is 0.488. The van der Waals surface area contributed by atoms with Gasteiger partial charge in [-0.25, -0.2) is 19.7 Å². The quantitative estimate of drug-likeness (QED) is 0.598. The number of benzene rings is 1. The van der Waals surface area contributed by atoms with Crippen LogP contribution in [0.2, 0.25) is 0 Å². The number of carbonyl (C=O) groups is 1. The van der Waals surface area contributed by atoms with Crippen molar-refractivity contribution >= 4 is 11.9 Å². The first-order chi connectivity index (χ1) is 12.6. The molecule has 0 radical (unpaired) electrons. The number of aromatic nitrogens is 4. The zero-order chi connectivity index (χ0) is 18.5. The number of anilines is 1. The van der Waals surface area contributed by atoms with Crippen molar-refractivity contribution in [3.63, 3.8) is 0 Å². The predicted octanol–water partition coefficient (Wildman–Crippen LogP) is 3.14. The molecule has 0 spiro atoms.